The first-order valence-corrected chi connectivity index (χ1v) is 7.02. The SMILES string of the molecule is O=C(O)c1cccc(-n2nnc(C(=O)O)c2-c2cccs2)c1. The first-order chi connectivity index (χ1) is 10.6. The van der Waals surface area contributed by atoms with Crippen LogP contribution in [0, 0.1) is 0 Å². The van der Waals surface area contributed by atoms with Crippen molar-refractivity contribution in [3.8, 4) is 16.3 Å². The maximum atomic E-state index is 11.3. The zero-order chi connectivity index (χ0) is 15.7. The third kappa shape index (κ3) is 2.35. The van der Waals surface area contributed by atoms with Crippen LogP contribution in [0.4, 0.5) is 0 Å². The van der Waals surface area contributed by atoms with Crippen molar-refractivity contribution in [2.45, 2.75) is 0 Å². The van der Waals surface area contributed by atoms with Gasteiger partial charge in [-0.1, -0.05) is 17.3 Å². The number of carbonyl (C=O) groups is 2. The molecule has 2 aromatic heterocycles. The van der Waals surface area contributed by atoms with Gasteiger partial charge in [0.15, 0.2) is 5.69 Å². The average Bonchev–Trinajstić information content (AvgIpc) is 3.16. The molecule has 22 heavy (non-hydrogen) atoms. The molecule has 0 radical (unpaired) electrons. The van der Waals surface area contributed by atoms with Crippen LogP contribution in [0.1, 0.15) is 20.8 Å². The minimum atomic E-state index is -1.19. The van der Waals surface area contributed by atoms with Crippen molar-refractivity contribution in [2.75, 3.05) is 0 Å². The number of aromatic nitrogens is 3. The number of carboxylic acids is 2. The van der Waals surface area contributed by atoms with Crippen molar-refractivity contribution >= 4 is 23.3 Å². The highest BCUT2D eigenvalue weighted by atomic mass is 32.1. The van der Waals surface area contributed by atoms with Gasteiger partial charge in [-0.05, 0) is 29.6 Å². The third-order valence-electron chi connectivity index (χ3n) is 2.97. The Morgan fingerprint density at radius 2 is 1.91 bits per heavy atom. The average molecular weight is 315 g/mol. The lowest BCUT2D eigenvalue weighted by molar-refractivity contribution is 0.0683. The Kier molecular flexibility index (Phi) is 3.43. The molecule has 1 aromatic carbocycles. The summed E-state index contributed by atoms with van der Waals surface area (Å²) in [4.78, 5) is 23.1. The maximum absolute atomic E-state index is 11.3. The molecule has 0 atom stereocenters. The van der Waals surface area contributed by atoms with Gasteiger partial charge in [-0.2, -0.15) is 0 Å². The Balaban J connectivity index is 2.22. The number of carboxylic acid groups (broad SMARTS) is 2. The van der Waals surface area contributed by atoms with E-state index in [0.717, 1.165) is 0 Å². The Labute approximate surface area is 128 Å². The van der Waals surface area contributed by atoms with Gasteiger partial charge in [-0.15, -0.1) is 16.4 Å². The molecule has 0 aliphatic heterocycles. The predicted octanol–water partition coefficient (Wildman–Crippen LogP) is 2.39. The molecule has 0 spiro atoms. The van der Waals surface area contributed by atoms with E-state index in [-0.39, 0.29) is 11.3 Å². The van der Waals surface area contributed by atoms with E-state index < -0.39 is 11.9 Å². The zero-order valence-electron chi connectivity index (χ0n) is 11.0. The summed E-state index contributed by atoms with van der Waals surface area (Å²) in [6, 6.07) is 9.62. The summed E-state index contributed by atoms with van der Waals surface area (Å²) in [6.07, 6.45) is 0. The van der Waals surface area contributed by atoms with Gasteiger partial charge in [0.2, 0.25) is 0 Å². The van der Waals surface area contributed by atoms with Crippen LogP contribution in [0.5, 0.6) is 0 Å². The molecule has 8 heteroatoms. The Morgan fingerprint density at radius 3 is 2.55 bits per heavy atom. The van der Waals surface area contributed by atoms with Crippen molar-refractivity contribution < 1.29 is 19.8 Å². The van der Waals surface area contributed by atoms with E-state index in [1.165, 1.54) is 28.2 Å². The molecular weight excluding hydrogens is 306 g/mol. The Morgan fingerprint density at radius 1 is 1.09 bits per heavy atom. The quantitative estimate of drug-likeness (QED) is 0.766. The minimum absolute atomic E-state index is 0.0852. The van der Waals surface area contributed by atoms with Crippen molar-refractivity contribution in [2.24, 2.45) is 0 Å². The van der Waals surface area contributed by atoms with Crippen LogP contribution in [0.2, 0.25) is 0 Å². The summed E-state index contributed by atoms with van der Waals surface area (Å²) in [5, 5.41) is 27.7. The predicted molar refractivity (Wildman–Crippen MR) is 78.6 cm³/mol. The molecule has 0 aliphatic rings. The molecule has 2 heterocycles. The normalized spacial score (nSPS) is 10.5. The second-order valence-electron chi connectivity index (χ2n) is 4.34. The summed E-state index contributed by atoms with van der Waals surface area (Å²) in [5.74, 6) is -2.26. The smallest absolute Gasteiger partial charge is 0.358 e. The fourth-order valence-corrected chi connectivity index (χ4v) is 2.77. The molecule has 3 rings (SSSR count). The van der Waals surface area contributed by atoms with Crippen molar-refractivity contribution in [3.05, 3.63) is 53.0 Å². The summed E-state index contributed by atoms with van der Waals surface area (Å²) in [7, 11) is 0. The number of rotatable bonds is 4. The largest absolute Gasteiger partial charge is 0.478 e. The van der Waals surface area contributed by atoms with E-state index in [1.807, 2.05) is 5.38 Å². The van der Waals surface area contributed by atoms with Crippen molar-refractivity contribution in [1.82, 2.24) is 15.0 Å². The van der Waals surface area contributed by atoms with Crippen LogP contribution in [0.25, 0.3) is 16.3 Å². The number of aromatic carboxylic acids is 2. The standard InChI is InChI=1S/C14H9N3O4S/c18-13(19)8-3-1-4-9(7-8)17-12(10-5-2-6-22-10)11(14(20)21)15-16-17/h1-7H,(H,18,19)(H,20,21). The minimum Gasteiger partial charge on any atom is -0.478 e. The molecule has 0 unspecified atom stereocenters. The second kappa shape index (κ2) is 5.41. The van der Waals surface area contributed by atoms with Crippen molar-refractivity contribution in [1.29, 1.82) is 0 Å². The van der Waals surface area contributed by atoms with Gasteiger partial charge in [0.1, 0.15) is 5.69 Å². The van der Waals surface area contributed by atoms with Gasteiger partial charge >= 0.3 is 11.9 Å². The number of hydrogen-bond acceptors (Lipinski definition) is 5. The monoisotopic (exact) mass is 315 g/mol. The molecule has 7 nitrogen and oxygen atoms in total. The third-order valence-corrected chi connectivity index (χ3v) is 3.84. The fourth-order valence-electron chi connectivity index (χ4n) is 2.01. The summed E-state index contributed by atoms with van der Waals surface area (Å²) < 4.78 is 1.34. The molecular formula is C14H9N3O4S. The molecule has 0 aliphatic carbocycles. The lowest BCUT2D eigenvalue weighted by Gasteiger charge is -2.06. The van der Waals surface area contributed by atoms with E-state index in [0.29, 0.717) is 16.3 Å². The van der Waals surface area contributed by atoms with Gasteiger partial charge in [-0.3, -0.25) is 0 Å². The highest BCUT2D eigenvalue weighted by molar-refractivity contribution is 7.13. The maximum Gasteiger partial charge on any atom is 0.358 e. The van der Waals surface area contributed by atoms with E-state index in [4.69, 9.17) is 5.11 Å². The highest BCUT2D eigenvalue weighted by Crippen LogP contribution is 2.29. The number of benzene rings is 1. The van der Waals surface area contributed by atoms with E-state index in [9.17, 15) is 14.7 Å². The molecule has 0 bridgehead atoms. The van der Waals surface area contributed by atoms with Crippen LogP contribution < -0.4 is 0 Å². The first-order valence-electron chi connectivity index (χ1n) is 6.14. The fraction of sp³-hybridized carbons (Fsp3) is 0. The molecule has 0 amide bonds. The number of thiophene rings is 1. The second-order valence-corrected chi connectivity index (χ2v) is 5.28. The zero-order valence-corrected chi connectivity index (χ0v) is 11.8. The van der Waals surface area contributed by atoms with E-state index in [2.05, 4.69) is 10.3 Å². The van der Waals surface area contributed by atoms with E-state index in [1.54, 1.807) is 24.3 Å². The first kappa shape index (κ1) is 14.0. The van der Waals surface area contributed by atoms with E-state index >= 15 is 0 Å². The molecule has 0 fully saturated rings. The van der Waals surface area contributed by atoms with Crippen LogP contribution in [0.15, 0.2) is 41.8 Å². The van der Waals surface area contributed by atoms with Gasteiger partial charge < -0.3 is 10.2 Å². The summed E-state index contributed by atoms with van der Waals surface area (Å²) in [6.45, 7) is 0. The molecule has 110 valence electrons. The topological polar surface area (TPSA) is 105 Å². The Hall–Kier alpha value is -3.00. The van der Waals surface area contributed by atoms with Crippen LogP contribution >= 0.6 is 11.3 Å². The molecule has 3 aromatic rings. The van der Waals surface area contributed by atoms with Crippen LogP contribution in [-0.4, -0.2) is 37.1 Å². The summed E-state index contributed by atoms with van der Waals surface area (Å²) >= 11 is 1.35. The van der Waals surface area contributed by atoms with Gasteiger partial charge in [0, 0.05) is 0 Å². The Bertz CT molecular complexity index is 855. The lowest BCUT2D eigenvalue weighted by atomic mass is 10.2. The highest BCUT2D eigenvalue weighted by Gasteiger charge is 2.22. The van der Waals surface area contributed by atoms with Gasteiger partial charge in [0.25, 0.3) is 0 Å². The van der Waals surface area contributed by atoms with Crippen LogP contribution in [-0.2, 0) is 0 Å². The molecule has 0 saturated heterocycles. The number of hydrogen-bond donors (Lipinski definition) is 2. The van der Waals surface area contributed by atoms with Crippen LogP contribution in [0.3, 0.4) is 0 Å². The summed E-state index contributed by atoms with van der Waals surface area (Å²) in [5.41, 5.74) is 0.665. The van der Waals surface area contributed by atoms with Gasteiger partial charge in [0.05, 0.1) is 16.1 Å². The van der Waals surface area contributed by atoms with Crippen molar-refractivity contribution in [3.63, 3.8) is 0 Å². The molecule has 2 N–H and O–H groups in total. The lowest BCUT2D eigenvalue weighted by Crippen LogP contribution is -2.04. The van der Waals surface area contributed by atoms with Gasteiger partial charge in [-0.25, -0.2) is 14.3 Å². The number of nitrogens with zero attached hydrogens (tertiary/aromatic N) is 3. The molecule has 0 saturated carbocycles.